The molecule has 0 radical (unpaired) electrons. The first-order valence-corrected chi connectivity index (χ1v) is 13.2. The van der Waals surface area contributed by atoms with Gasteiger partial charge < -0.3 is 30.3 Å². The Kier molecular flexibility index (Phi) is 7.75. The van der Waals surface area contributed by atoms with Crippen LogP contribution in [-0.4, -0.2) is 96.2 Å². The largest absolute Gasteiger partial charge is 0.471 e. The van der Waals surface area contributed by atoms with Gasteiger partial charge in [-0.15, -0.1) is 0 Å². The Hall–Kier alpha value is -3.70. The van der Waals surface area contributed by atoms with Crippen LogP contribution in [0.25, 0.3) is 0 Å². The smallest absolute Gasteiger partial charge is 0.271 e. The van der Waals surface area contributed by atoms with Gasteiger partial charge in [0.15, 0.2) is 11.5 Å². The number of rotatable bonds is 9. The summed E-state index contributed by atoms with van der Waals surface area (Å²) in [6.07, 6.45) is 2.27. The number of carbonyl (C=O) groups excluding carboxylic acids is 2. The number of piperazine rings is 1. The number of hydrogen-bond acceptors (Lipinski definition) is 9. The van der Waals surface area contributed by atoms with Crippen LogP contribution in [0.4, 0.5) is 17.2 Å². The number of aromatic nitrogens is 2. The van der Waals surface area contributed by atoms with Gasteiger partial charge in [-0.25, -0.2) is 4.98 Å². The number of ether oxygens (including phenoxy) is 2. The molecule has 0 unspecified atom stereocenters. The van der Waals surface area contributed by atoms with Crippen molar-refractivity contribution >= 4 is 29.0 Å². The zero-order chi connectivity index (χ0) is 26.6. The fourth-order valence-corrected chi connectivity index (χ4v) is 5.02. The maximum absolute atomic E-state index is 12.2. The molecule has 11 heteroatoms. The number of nitrogens with zero attached hydrogens (tertiary/aromatic N) is 5. The molecule has 3 aliphatic heterocycles. The molecule has 3 aliphatic rings. The molecule has 0 saturated carbocycles. The van der Waals surface area contributed by atoms with Crippen molar-refractivity contribution in [3.05, 3.63) is 48.3 Å². The molecule has 0 bridgehead atoms. The number of anilines is 3. The van der Waals surface area contributed by atoms with E-state index < -0.39 is 5.91 Å². The molecule has 0 aliphatic carbocycles. The van der Waals surface area contributed by atoms with Crippen LogP contribution in [0.15, 0.2) is 36.9 Å². The molecular formula is C27H35N7O4. The fourth-order valence-electron chi connectivity index (χ4n) is 5.02. The monoisotopic (exact) mass is 521 g/mol. The lowest BCUT2D eigenvalue weighted by atomic mass is 10.1. The van der Waals surface area contributed by atoms with Crippen LogP contribution < -0.4 is 20.7 Å². The number of likely N-dealkylation sites (tertiary alicyclic amines) is 1. The number of benzene rings is 1. The van der Waals surface area contributed by atoms with Crippen molar-refractivity contribution in [2.75, 3.05) is 62.7 Å². The van der Waals surface area contributed by atoms with Crippen LogP contribution in [0.2, 0.25) is 0 Å². The minimum absolute atomic E-state index is 0.0595. The van der Waals surface area contributed by atoms with Crippen LogP contribution >= 0.6 is 0 Å². The van der Waals surface area contributed by atoms with Crippen LogP contribution in [-0.2, 0) is 16.0 Å². The van der Waals surface area contributed by atoms with Gasteiger partial charge in [0.05, 0.1) is 25.8 Å². The van der Waals surface area contributed by atoms with Crippen LogP contribution in [0.3, 0.4) is 0 Å². The Bertz CT molecular complexity index is 1180. The molecule has 1 aromatic heterocycles. The van der Waals surface area contributed by atoms with Crippen molar-refractivity contribution in [1.82, 2.24) is 19.8 Å². The van der Waals surface area contributed by atoms with Gasteiger partial charge >= 0.3 is 0 Å². The van der Waals surface area contributed by atoms with E-state index in [-0.39, 0.29) is 23.5 Å². The molecule has 3 saturated heterocycles. The van der Waals surface area contributed by atoms with E-state index >= 15 is 0 Å². The number of primary amides is 1. The lowest BCUT2D eigenvalue weighted by molar-refractivity contribution is -0.125. The van der Waals surface area contributed by atoms with Gasteiger partial charge in [-0.2, -0.15) is 4.98 Å². The number of nitrogens with one attached hydrogen (secondary N) is 1. The van der Waals surface area contributed by atoms with Gasteiger partial charge in [-0.1, -0.05) is 13.5 Å². The van der Waals surface area contributed by atoms with E-state index in [9.17, 15) is 9.59 Å². The molecule has 38 heavy (non-hydrogen) atoms. The van der Waals surface area contributed by atoms with Crippen molar-refractivity contribution < 1.29 is 19.1 Å². The summed E-state index contributed by atoms with van der Waals surface area (Å²) in [4.78, 5) is 39.8. The summed E-state index contributed by atoms with van der Waals surface area (Å²) in [6.45, 7) is 12.2. The predicted octanol–water partition coefficient (Wildman–Crippen LogP) is 1.57. The summed E-state index contributed by atoms with van der Waals surface area (Å²) in [5, 5.41) is 3.20. The third-order valence-corrected chi connectivity index (χ3v) is 7.36. The maximum atomic E-state index is 12.2. The first-order chi connectivity index (χ1) is 18.4. The molecule has 3 N–H and O–H groups in total. The Labute approximate surface area is 222 Å². The van der Waals surface area contributed by atoms with Gasteiger partial charge in [0.25, 0.3) is 5.91 Å². The summed E-state index contributed by atoms with van der Waals surface area (Å²) in [5.41, 5.74) is 8.15. The first-order valence-electron chi connectivity index (χ1n) is 13.2. The molecule has 3 fully saturated rings. The number of hydrogen-bond donors (Lipinski definition) is 2. The Morgan fingerprint density at radius 1 is 1.16 bits per heavy atom. The van der Waals surface area contributed by atoms with Crippen molar-refractivity contribution in [3.8, 4) is 5.88 Å². The number of carbonyl (C=O) groups is 2. The van der Waals surface area contributed by atoms with Crippen LogP contribution in [0.1, 0.15) is 29.5 Å². The molecule has 11 nitrogen and oxygen atoms in total. The molecule has 202 valence electrons. The highest BCUT2D eigenvalue weighted by Crippen LogP contribution is 2.28. The Morgan fingerprint density at radius 2 is 1.89 bits per heavy atom. The van der Waals surface area contributed by atoms with Crippen LogP contribution in [0.5, 0.6) is 5.88 Å². The SMILES string of the molecule is C=CC(=O)N1CC[C@@H](Oc2nc(Nc3ccc(N4CCN(C5COC5)CC4)cc3)c(C(N)=O)nc2CC)C1. The van der Waals surface area contributed by atoms with E-state index in [4.69, 9.17) is 15.2 Å². The number of aryl methyl sites for hydroxylation is 1. The summed E-state index contributed by atoms with van der Waals surface area (Å²) in [6, 6.07) is 8.60. The highest BCUT2D eigenvalue weighted by Gasteiger charge is 2.30. The van der Waals surface area contributed by atoms with E-state index in [0.717, 1.165) is 50.8 Å². The summed E-state index contributed by atoms with van der Waals surface area (Å²) >= 11 is 0. The fraction of sp³-hybridized carbons (Fsp3) is 0.481. The second-order valence-corrected chi connectivity index (χ2v) is 9.79. The van der Waals surface area contributed by atoms with Crippen LogP contribution in [0, 0.1) is 0 Å². The Balaban J connectivity index is 1.28. The molecule has 1 atom stereocenters. The number of amides is 2. The first kappa shape index (κ1) is 25.9. The summed E-state index contributed by atoms with van der Waals surface area (Å²) in [7, 11) is 0. The average molecular weight is 522 g/mol. The predicted molar refractivity (Wildman–Crippen MR) is 144 cm³/mol. The third kappa shape index (κ3) is 5.58. The third-order valence-electron chi connectivity index (χ3n) is 7.36. The van der Waals surface area contributed by atoms with Gasteiger partial charge in [0, 0.05) is 50.5 Å². The van der Waals surface area contributed by atoms with Gasteiger partial charge in [-0.3, -0.25) is 14.5 Å². The van der Waals surface area contributed by atoms with Crippen molar-refractivity contribution in [1.29, 1.82) is 0 Å². The molecule has 5 rings (SSSR count). The molecular weight excluding hydrogens is 486 g/mol. The van der Waals surface area contributed by atoms with E-state index in [0.29, 0.717) is 43.5 Å². The topological polar surface area (TPSA) is 126 Å². The van der Waals surface area contributed by atoms with E-state index in [1.165, 1.54) is 6.08 Å². The molecule has 2 amide bonds. The lowest BCUT2D eigenvalue weighted by Crippen LogP contribution is -2.56. The highest BCUT2D eigenvalue weighted by molar-refractivity contribution is 5.96. The second-order valence-electron chi connectivity index (χ2n) is 9.79. The van der Waals surface area contributed by atoms with E-state index in [1.54, 1.807) is 4.90 Å². The maximum Gasteiger partial charge on any atom is 0.271 e. The van der Waals surface area contributed by atoms with E-state index in [1.807, 2.05) is 19.1 Å². The minimum Gasteiger partial charge on any atom is -0.471 e. The second kappa shape index (κ2) is 11.4. The highest BCUT2D eigenvalue weighted by atomic mass is 16.5. The Morgan fingerprint density at radius 3 is 2.50 bits per heavy atom. The van der Waals surface area contributed by atoms with E-state index in [2.05, 4.69) is 43.8 Å². The summed E-state index contributed by atoms with van der Waals surface area (Å²) in [5.74, 6) is -0.214. The van der Waals surface area contributed by atoms with Crippen molar-refractivity contribution in [2.24, 2.45) is 5.73 Å². The van der Waals surface area contributed by atoms with Gasteiger partial charge in [-0.05, 0) is 36.8 Å². The molecule has 4 heterocycles. The molecule has 1 aromatic carbocycles. The average Bonchev–Trinajstić information content (AvgIpc) is 3.37. The minimum atomic E-state index is -0.670. The normalized spacial score (nSPS) is 20.2. The van der Waals surface area contributed by atoms with Crippen molar-refractivity contribution in [2.45, 2.75) is 31.9 Å². The zero-order valence-electron chi connectivity index (χ0n) is 21.8. The lowest BCUT2D eigenvalue weighted by Gasteiger charge is -2.43. The number of nitrogens with two attached hydrogens (primary N) is 1. The summed E-state index contributed by atoms with van der Waals surface area (Å²) < 4.78 is 11.5. The van der Waals surface area contributed by atoms with Crippen molar-refractivity contribution in [3.63, 3.8) is 0 Å². The molecule has 0 spiro atoms. The molecule has 2 aromatic rings. The quantitative estimate of drug-likeness (QED) is 0.473. The zero-order valence-corrected chi connectivity index (χ0v) is 21.8. The standard InChI is InChI=1S/C27H35N7O4/c1-3-22-27(38-21-9-10-34(15-21)23(35)4-2)31-26(24(30-22)25(28)36)29-18-5-7-19(8-6-18)32-11-13-33(14-12-32)20-16-37-17-20/h4-8,20-21H,2-3,9-17H2,1H3,(H2,28,36)(H,29,31)/t21-/m1/s1. The van der Waals surface area contributed by atoms with Gasteiger partial charge in [0.2, 0.25) is 11.8 Å². The van der Waals surface area contributed by atoms with Gasteiger partial charge in [0.1, 0.15) is 11.8 Å².